The molecule has 2 aromatic heterocycles. The number of rotatable bonds is 5. The van der Waals surface area contributed by atoms with Gasteiger partial charge in [-0.25, -0.2) is 14.4 Å². The standard InChI is InChI=1S/C24H26FN7O/c1-15-13-17(7-8-19(15)25)23-29-24(33-30-23)16(2)32-11-9-31(10-12-32)14-21-27-20-6-4-3-5-18(20)22(26)28-21/h3-8,13,16H,9-12,14H2,1-2H3,(H2,26,27,28). The zero-order valence-corrected chi connectivity index (χ0v) is 18.7. The van der Waals surface area contributed by atoms with E-state index < -0.39 is 0 Å². The summed E-state index contributed by atoms with van der Waals surface area (Å²) in [5.41, 5.74) is 8.30. The molecule has 1 aliphatic rings. The molecule has 8 nitrogen and oxygen atoms in total. The van der Waals surface area contributed by atoms with E-state index >= 15 is 0 Å². The molecule has 0 radical (unpaired) electrons. The SMILES string of the molecule is Cc1cc(-c2noc(C(C)N3CCN(Cc4nc(N)c5ccccc5n4)CC3)n2)ccc1F. The minimum atomic E-state index is -0.245. The Kier molecular flexibility index (Phi) is 5.74. The van der Waals surface area contributed by atoms with Gasteiger partial charge in [0.1, 0.15) is 17.5 Å². The third-order valence-electron chi connectivity index (χ3n) is 6.21. The Morgan fingerprint density at radius 1 is 1.06 bits per heavy atom. The maximum absolute atomic E-state index is 13.6. The van der Waals surface area contributed by atoms with Gasteiger partial charge < -0.3 is 10.3 Å². The Bertz CT molecular complexity index is 1280. The first-order valence-electron chi connectivity index (χ1n) is 11.1. The summed E-state index contributed by atoms with van der Waals surface area (Å²) in [5.74, 6) is 2.05. The quantitative estimate of drug-likeness (QED) is 0.496. The zero-order valence-electron chi connectivity index (χ0n) is 18.7. The van der Waals surface area contributed by atoms with E-state index in [9.17, 15) is 4.39 Å². The molecule has 0 amide bonds. The Morgan fingerprint density at radius 2 is 1.85 bits per heavy atom. The zero-order chi connectivity index (χ0) is 22.9. The Labute approximate surface area is 191 Å². The minimum Gasteiger partial charge on any atom is -0.383 e. The van der Waals surface area contributed by atoms with Gasteiger partial charge in [-0.15, -0.1) is 0 Å². The topological polar surface area (TPSA) is 97.2 Å². The molecule has 1 fully saturated rings. The summed E-state index contributed by atoms with van der Waals surface area (Å²) >= 11 is 0. The molecule has 1 saturated heterocycles. The number of anilines is 1. The lowest BCUT2D eigenvalue weighted by molar-refractivity contribution is 0.0832. The fourth-order valence-electron chi connectivity index (χ4n) is 4.19. The van der Waals surface area contributed by atoms with E-state index in [-0.39, 0.29) is 11.9 Å². The van der Waals surface area contributed by atoms with E-state index in [2.05, 4.69) is 36.8 Å². The van der Waals surface area contributed by atoms with Crippen LogP contribution in [0.1, 0.15) is 30.2 Å². The number of hydrogen-bond donors (Lipinski definition) is 1. The average molecular weight is 448 g/mol. The van der Waals surface area contributed by atoms with E-state index in [4.69, 9.17) is 10.3 Å². The molecule has 9 heteroatoms. The third-order valence-corrected chi connectivity index (χ3v) is 6.21. The lowest BCUT2D eigenvalue weighted by Crippen LogP contribution is -2.46. The number of aromatic nitrogens is 4. The molecule has 2 N–H and O–H groups in total. The second-order valence-electron chi connectivity index (χ2n) is 8.45. The number of halogens is 1. The number of nitrogens with zero attached hydrogens (tertiary/aromatic N) is 6. The predicted molar refractivity (Wildman–Crippen MR) is 124 cm³/mol. The van der Waals surface area contributed by atoms with Crippen LogP contribution in [0.4, 0.5) is 10.2 Å². The van der Waals surface area contributed by atoms with Crippen LogP contribution in [0.15, 0.2) is 47.0 Å². The highest BCUT2D eigenvalue weighted by Gasteiger charge is 2.26. The molecule has 1 aliphatic heterocycles. The van der Waals surface area contributed by atoms with Crippen molar-refractivity contribution in [3.05, 3.63) is 65.6 Å². The monoisotopic (exact) mass is 447 g/mol. The van der Waals surface area contributed by atoms with E-state index in [0.717, 1.165) is 48.5 Å². The maximum Gasteiger partial charge on any atom is 0.244 e. The van der Waals surface area contributed by atoms with Gasteiger partial charge in [-0.3, -0.25) is 9.80 Å². The number of benzene rings is 2. The Balaban J connectivity index is 1.21. The van der Waals surface area contributed by atoms with Crippen molar-refractivity contribution in [2.45, 2.75) is 26.4 Å². The van der Waals surface area contributed by atoms with Crippen molar-refractivity contribution in [1.29, 1.82) is 0 Å². The van der Waals surface area contributed by atoms with Gasteiger partial charge in [-0.05, 0) is 49.7 Å². The Hall–Kier alpha value is -3.43. The van der Waals surface area contributed by atoms with Crippen LogP contribution in [0.25, 0.3) is 22.3 Å². The summed E-state index contributed by atoms with van der Waals surface area (Å²) in [4.78, 5) is 18.4. The van der Waals surface area contributed by atoms with E-state index in [1.54, 1.807) is 19.1 Å². The van der Waals surface area contributed by atoms with Crippen LogP contribution in [-0.4, -0.2) is 56.1 Å². The van der Waals surface area contributed by atoms with Gasteiger partial charge in [-0.2, -0.15) is 4.98 Å². The second kappa shape index (κ2) is 8.84. The highest BCUT2D eigenvalue weighted by molar-refractivity contribution is 5.87. The summed E-state index contributed by atoms with van der Waals surface area (Å²) in [6.07, 6.45) is 0. The van der Waals surface area contributed by atoms with Crippen molar-refractivity contribution < 1.29 is 8.91 Å². The van der Waals surface area contributed by atoms with Gasteiger partial charge in [0.05, 0.1) is 18.1 Å². The number of para-hydroxylation sites is 1. The number of nitrogens with two attached hydrogens (primary N) is 1. The van der Waals surface area contributed by atoms with Crippen molar-refractivity contribution in [2.75, 3.05) is 31.9 Å². The van der Waals surface area contributed by atoms with Crippen molar-refractivity contribution in [3.8, 4) is 11.4 Å². The van der Waals surface area contributed by atoms with Crippen molar-refractivity contribution in [2.24, 2.45) is 0 Å². The summed E-state index contributed by atoms with van der Waals surface area (Å²) < 4.78 is 19.1. The van der Waals surface area contributed by atoms with Crippen molar-refractivity contribution in [1.82, 2.24) is 29.9 Å². The summed E-state index contributed by atoms with van der Waals surface area (Å²) in [6.45, 7) is 7.91. The number of aryl methyl sites for hydroxylation is 1. The van der Waals surface area contributed by atoms with E-state index in [1.807, 2.05) is 24.3 Å². The van der Waals surface area contributed by atoms with Crippen LogP contribution in [0.3, 0.4) is 0 Å². The Morgan fingerprint density at radius 3 is 2.64 bits per heavy atom. The first kappa shape index (κ1) is 21.4. The van der Waals surface area contributed by atoms with Crippen LogP contribution >= 0.6 is 0 Å². The van der Waals surface area contributed by atoms with Crippen molar-refractivity contribution in [3.63, 3.8) is 0 Å². The first-order chi connectivity index (χ1) is 16.0. The normalized spacial score (nSPS) is 16.3. The second-order valence-corrected chi connectivity index (χ2v) is 8.45. The lowest BCUT2D eigenvalue weighted by atomic mass is 10.1. The van der Waals surface area contributed by atoms with Crippen LogP contribution < -0.4 is 5.73 Å². The molecule has 0 saturated carbocycles. The minimum absolute atomic E-state index is 0.0116. The molecule has 0 spiro atoms. The molecule has 2 aromatic carbocycles. The maximum atomic E-state index is 13.6. The molecule has 0 aliphatic carbocycles. The van der Waals surface area contributed by atoms with E-state index in [1.165, 1.54) is 6.07 Å². The van der Waals surface area contributed by atoms with Gasteiger partial charge in [0.2, 0.25) is 11.7 Å². The molecule has 5 rings (SSSR count). The molecule has 3 heterocycles. The van der Waals surface area contributed by atoms with Crippen LogP contribution in [0, 0.1) is 12.7 Å². The average Bonchev–Trinajstić information content (AvgIpc) is 3.31. The van der Waals surface area contributed by atoms with Crippen LogP contribution in [0.5, 0.6) is 0 Å². The largest absolute Gasteiger partial charge is 0.383 e. The molecular weight excluding hydrogens is 421 g/mol. The van der Waals surface area contributed by atoms with Crippen molar-refractivity contribution >= 4 is 16.7 Å². The fourth-order valence-corrected chi connectivity index (χ4v) is 4.19. The number of nitrogen functional groups attached to an aromatic ring is 1. The predicted octanol–water partition coefficient (Wildman–Crippen LogP) is 3.59. The van der Waals surface area contributed by atoms with Gasteiger partial charge in [-0.1, -0.05) is 17.3 Å². The molecule has 170 valence electrons. The number of piperazine rings is 1. The molecule has 0 bridgehead atoms. The van der Waals surface area contributed by atoms with Gasteiger partial charge in [0.15, 0.2) is 0 Å². The number of hydrogen-bond acceptors (Lipinski definition) is 8. The van der Waals surface area contributed by atoms with Gasteiger partial charge >= 0.3 is 0 Å². The van der Waals surface area contributed by atoms with E-state index in [0.29, 0.717) is 29.6 Å². The summed E-state index contributed by atoms with van der Waals surface area (Å²) in [6, 6.07) is 12.6. The van der Waals surface area contributed by atoms with Crippen LogP contribution in [-0.2, 0) is 6.54 Å². The molecule has 4 aromatic rings. The lowest BCUT2D eigenvalue weighted by Gasteiger charge is -2.36. The molecule has 33 heavy (non-hydrogen) atoms. The first-order valence-corrected chi connectivity index (χ1v) is 11.1. The molecular formula is C24H26FN7O. The highest BCUT2D eigenvalue weighted by atomic mass is 19.1. The van der Waals surface area contributed by atoms with Gasteiger partial charge in [0.25, 0.3) is 0 Å². The van der Waals surface area contributed by atoms with Gasteiger partial charge in [0, 0.05) is 37.1 Å². The molecule has 1 atom stereocenters. The number of fused-ring (bicyclic) bond motifs is 1. The molecule has 1 unspecified atom stereocenters. The highest BCUT2D eigenvalue weighted by Crippen LogP contribution is 2.25. The summed E-state index contributed by atoms with van der Waals surface area (Å²) in [5, 5.41) is 4.99. The smallest absolute Gasteiger partial charge is 0.244 e. The third kappa shape index (κ3) is 4.42. The summed E-state index contributed by atoms with van der Waals surface area (Å²) in [7, 11) is 0. The fraction of sp³-hybridized carbons (Fsp3) is 0.333. The van der Waals surface area contributed by atoms with Crippen LogP contribution in [0.2, 0.25) is 0 Å².